The van der Waals surface area contributed by atoms with Crippen molar-refractivity contribution in [2.75, 3.05) is 5.32 Å². The molecule has 2 N–H and O–H groups in total. The zero-order valence-electron chi connectivity index (χ0n) is 10.4. The van der Waals surface area contributed by atoms with Crippen molar-refractivity contribution >= 4 is 5.69 Å². The monoisotopic (exact) mass is 244 g/mol. The minimum atomic E-state index is -0.0456. The van der Waals surface area contributed by atoms with Gasteiger partial charge < -0.3 is 15.0 Å². The molecule has 0 spiro atoms. The SMILES string of the molecule is CC(Nc1ccc(=O)n(C)c1)c1ccccc1O. The van der Waals surface area contributed by atoms with Gasteiger partial charge in [-0.1, -0.05) is 18.2 Å². The first-order valence-corrected chi connectivity index (χ1v) is 5.79. The third-order valence-electron chi connectivity index (χ3n) is 2.87. The lowest BCUT2D eigenvalue weighted by Crippen LogP contribution is -2.16. The van der Waals surface area contributed by atoms with Crippen LogP contribution in [0.2, 0.25) is 0 Å². The van der Waals surface area contributed by atoms with Gasteiger partial charge in [-0.15, -0.1) is 0 Å². The Hall–Kier alpha value is -2.23. The largest absolute Gasteiger partial charge is 0.508 e. The summed E-state index contributed by atoms with van der Waals surface area (Å²) in [5.74, 6) is 0.266. The van der Waals surface area contributed by atoms with E-state index in [1.54, 1.807) is 31.4 Å². The molecule has 2 aromatic rings. The first-order chi connectivity index (χ1) is 8.58. The third kappa shape index (κ3) is 2.53. The topological polar surface area (TPSA) is 54.3 Å². The van der Waals surface area contributed by atoms with Crippen LogP contribution in [0.5, 0.6) is 5.75 Å². The molecule has 0 saturated heterocycles. The van der Waals surface area contributed by atoms with Gasteiger partial charge in [0, 0.05) is 24.9 Å². The van der Waals surface area contributed by atoms with Crippen LogP contribution in [0.25, 0.3) is 0 Å². The Labute approximate surface area is 106 Å². The predicted octanol–water partition coefficient (Wildman–Crippen LogP) is 2.26. The van der Waals surface area contributed by atoms with Crippen LogP contribution < -0.4 is 10.9 Å². The standard InChI is InChI=1S/C14H16N2O2/c1-10(12-5-3-4-6-13(12)17)15-11-7-8-14(18)16(2)9-11/h3-10,15,17H,1-2H3. The molecule has 1 aromatic heterocycles. The van der Waals surface area contributed by atoms with Crippen LogP contribution in [0.1, 0.15) is 18.5 Å². The molecule has 1 atom stereocenters. The number of nitrogens with one attached hydrogen (secondary N) is 1. The van der Waals surface area contributed by atoms with Crippen molar-refractivity contribution in [2.45, 2.75) is 13.0 Å². The van der Waals surface area contributed by atoms with E-state index in [-0.39, 0.29) is 17.4 Å². The summed E-state index contributed by atoms with van der Waals surface area (Å²) < 4.78 is 1.51. The van der Waals surface area contributed by atoms with Crippen molar-refractivity contribution in [3.63, 3.8) is 0 Å². The molecule has 1 unspecified atom stereocenters. The summed E-state index contributed by atoms with van der Waals surface area (Å²) in [6.45, 7) is 1.96. The molecule has 0 saturated carbocycles. The number of hydrogen-bond acceptors (Lipinski definition) is 3. The summed E-state index contributed by atoms with van der Waals surface area (Å²) in [6, 6.07) is 10.4. The van der Waals surface area contributed by atoms with Crippen molar-refractivity contribution < 1.29 is 5.11 Å². The molecule has 94 valence electrons. The summed E-state index contributed by atoms with van der Waals surface area (Å²) in [4.78, 5) is 11.3. The fourth-order valence-corrected chi connectivity index (χ4v) is 1.86. The zero-order chi connectivity index (χ0) is 13.1. The first kappa shape index (κ1) is 12.2. The van der Waals surface area contributed by atoms with Crippen LogP contribution in [0.4, 0.5) is 5.69 Å². The molecule has 0 fully saturated rings. The number of rotatable bonds is 3. The summed E-state index contributed by atoms with van der Waals surface area (Å²) in [7, 11) is 1.71. The van der Waals surface area contributed by atoms with E-state index >= 15 is 0 Å². The van der Waals surface area contributed by atoms with E-state index in [1.165, 1.54) is 10.6 Å². The van der Waals surface area contributed by atoms with Crippen molar-refractivity contribution in [3.05, 3.63) is 58.5 Å². The number of phenolic OH excluding ortho intramolecular Hbond substituents is 1. The number of aromatic nitrogens is 1. The zero-order valence-corrected chi connectivity index (χ0v) is 10.4. The van der Waals surface area contributed by atoms with Crippen molar-refractivity contribution in [1.29, 1.82) is 0 Å². The second-order valence-corrected chi connectivity index (χ2v) is 4.29. The average Bonchev–Trinajstić information content (AvgIpc) is 2.34. The Morgan fingerprint density at radius 1 is 1.22 bits per heavy atom. The molecule has 18 heavy (non-hydrogen) atoms. The first-order valence-electron chi connectivity index (χ1n) is 5.79. The Morgan fingerprint density at radius 2 is 1.94 bits per heavy atom. The fraction of sp³-hybridized carbons (Fsp3) is 0.214. The molecule has 4 nitrogen and oxygen atoms in total. The number of phenols is 1. The highest BCUT2D eigenvalue weighted by Crippen LogP contribution is 2.25. The molecule has 1 heterocycles. The minimum Gasteiger partial charge on any atom is -0.508 e. The molecule has 0 bridgehead atoms. The van der Waals surface area contributed by atoms with Crippen LogP contribution in [0, 0.1) is 0 Å². The Kier molecular flexibility index (Phi) is 3.37. The van der Waals surface area contributed by atoms with Gasteiger partial charge in [0.15, 0.2) is 0 Å². The molecule has 0 aliphatic carbocycles. The van der Waals surface area contributed by atoms with Crippen molar-refractivity contribution in [1.82, 2.24) is 4.57 Å². The summed E-state index contributed by atoms with van der Waals surface area (Å²) in [6.07, 6.45) is 1.73. The second kappa shape index (κ2) is 4.96. The number of aromatic hydroxyl groups is 1. The molecule has 2 rings (SSSR count). The van der Waals surface area contributed by atoms with E-state index in [1.807, 2.05) is 19.1 Å². The molecule has 0 aliphatic heterocycles. The van der Waals surface area contributed by atoms with Crippen LogP contribution in [0.3, 0.4) is 0 Å². The quantitative estimate of drug-likeness (QED) is 0.870. The lowest BCUT2D eigenvalue weighted by Gasteiger charge is -2.17. The Bertz CT molecular complexity index is 605. The van der Waals surface area contributed by atoms with Crippen LogP contribution >= 0.6 is 0 Å². The van der Waals surface area contributed by atoms with Crippen molar-refractivity contribution in [2.24, 2.45) is 7.05 Å². The lowest BCUT2D eigenvalue weighted by atomic mass is 10.1. The maximum Gasteiger partial charge on any atom is 0.250 e. The predicted molar refractivity (Wildman–Crippen MR) is 71.8 cm³/mol. The molecule has 4 heteroatoms. The number of para-hydroxylation sites is 1. The smallest absolute Gasteiger partial charge is 0.250 e. The summed E-state index contributed by atoms with van der Waals surface area (Å²) in [5, 5.41) is 13.0. The van der Waals surface area contributed by atoms with E-state index in [4.69, 9.17) is 0 Å². The van der Waals surface area contributed by atoms with Gasteiger partial charge in [0.2, 0.25) is 5.56 Å². The fourth-order valence-electron chi connectivity index (χ4n) is 1.86. The average molecular weight is 244 g/mol. The van der Waals surface area contributed by atoms with Crippen LogP contribution in [-0.2, 0) is 7.05 Å². The third-order valence-corrected chi connectivity index (χ3v) is 2.87. The number of pyridine rings is 1. The van der Waals surface area contributed by atoms with Gasteiger partial charge in [-0.3, -0.25) is 4.79 Å². The van der Waals surface area contributed by atoms with Gasteiger partial charge >= 0.3 is 0 Å². The molecule has 0 amide bonds. The van der Waals surface area contributed by atoms with Crippen LogP contribution in [-0.4, -0.2) is 9.67 Å². The number of aryl methyl sites for hydroxylation is 1. The number of hydrogen-bond donors (Lipinski definition) is 2. The Balaban J connectivity index is 2.21. The van der Waals surface area contributed by atoms with Gasteiger partial charge in [-0.2, -0.15) is 0 Å². The molecular weight excluding hydrogens is 228 g/mol. The molecule has 0 aliphatic rings. The maximum atomic E-state index is 11.3. The summed E-state index contributed by atoms with van der Waals surface area (Å²) >= 11 is 0. The molecule has 0 radical (unpaired) electrons. The lowest BCUT2D eigenvalue weighted by molar-refractivity contribution is 0.465. The van der Waals surface area contributed by atoms with E-state index in [0.717, 1.165) is 11.3 Å². The van der Waals surface area contributed by atoms with Gasteiger partial charge in [0.05, 0.1) is 11.7 Å². The van der Waals surface area contributed by atoms with Gasteiger partial charge in [0.25, 0.3) is 0 Å². The highest BCUT2D eigenvalue weighted by Gasteiger charge is 2.09. The molecule has 1 aromatic carbocycles. The van der Waals surface area contributed by atoms with E-state index in [2.05, 4.69) is 5.32 Å². The van der Waals surface area contributed by atoms with Gasteiger partial charge in [-0.25, -0.2) is 0 Å². The van der Waals surface area contributed by atoms with Crippen LogP contribution in [0.15, 0.2) is 47.4 Å². The van der Waals surface area contributed by atoms with Crippen molar-refractivity contribution in [3.8, 4) is 5.75 Å². The normalized spacial score (nSPS) is 12.1. The van der Waals surface area contributed by atoms with Gasteiger partial charge in [-0.05, 0) is 19.1 Å². The minimum absolute atomic E-state index is 0.0382. The maximum absolute atomic E-state index is 11.3. The summed E-state index contributed by atoms with van der Waals surface area (Å²) in [5.41, 5.74) is 1.62. The highest BCUT2D eigenvalue weighted by atomic mass is 16.3. The number of benzene rings is 1. The second-order valence-electron chi connectivity index (χ2n) is 4.29. The number of anilines is 1. The van der Waals surface area contributed by atoms with E-state index in [0.29, 0.717) is 0 Å². The van der Waals surface area contributed by atoms with Gasteiger partial charge in [0.1, 0.15) is 5.75 Å². The Morgan fingerprint density at radius 3 is 2.61 bits per heavy atom. The van der Waals surface area contributed by atoms with E-state index in [9.17, 15) is 9.90 Å². The highest BCUT2D eigenvalue weighted by molar-refractivity contribution is 5.45. The molecular formula is C14H16N2O2. The van der Waals surface area contributed by atoms with E-state index < -0.39 is 0 Å². The number of nitrogens with zero attached hydrogens (tertiary/aromatic N) is 1.